The smallest absolute Gasteiger partial charge is 0.251 e. The van der Waals surface area contributed by atoms with Crippen molar-refractivity contribution in [2.45, 2.75) is 6.54 Å². The molecule has 0 spiro atoms. The lowest BCUT2D eigenvalue weighted by Crippen LogP contribution is -2.23. The zero-order chi connectivity index (χ0) is 14.9. The molecule has 0 bridgehead atoms. The summed E-state index contributed by atoms with van der Waals surface area (Å²) < 4.78 is 0. The van der Waals surface area contributed by atoms with Gasteiger partial charge in [0.15, 0.2) is 5.65 Å². The Morgan fingerprint density at radius 3 is 3.05 bits per heavy atom. The van der Waals surface area contributed by atoms with E-state index in [9.17, 15) is 4.79 Å². The maximum atomic E-state index is 12.2. The number of carbonyl (C=O) groups excluding carboxylic acids is 1. The average molecular weight is 292 g/mol. The molecule has 7 nitrogen and oxygen atoms in total. The maximum absolute atomic E-state index is 12.2. The fourth-order valence-corrected chi connectivity index (χ4v) is 2.32. The Bertz CT molecular complexity index is 937. The highest BCUT2D eigenvalue weighted by Crippen LogP contribution is 2.12. The molecule has 0 saturated carbocycles. The zero-order valence-corrected chi connectivity index (χ0v) is 11.5. The molecule has 0 unspecified atom stereocenters. The topological polar surface area (TPSA) is 99.3 Å². The minimum absolute atomic E-state index is 0.162. The summed E-state index contributed by atoms with van der Waals surface area (Å²) >= 11 is 0. The van der Waals surface area contributed by atoms with Crippen LogP contribution in [0, 0.1) is 0 Å². The summed E-state index contributed by atoms with van der Waals surface area (Å²) in [5, 5.41) is 2.84. The highest BCUT2D eigenvalue weighted by Gasteiger charge is 2.09. The van der Waals surface area contributed by atoms with E-state index < -0.39 is 0 Å². The molecular formula is C15H12N6O. The van der Waals surface area contributed by atoms with Crippen LogP contribution in [0.1, 0.15) is 16.2 Å². The predicted molar refractivity (Wildman–Crippen MR) is 81.2 cm³/mol. The number of rotatable bonds is 3. The number of imidazole rings is 2. The minimum Gasteiger partial charge on any atom is -0.345 e. The van der Waals surface area contributed by atoms with Crippen molar-refractivity contribution >= 4 is 28.1 Å². The van der Waals surface area contributed by atoms with Crippen molar-refractivity contribution in [3.05, 3.63) is 54.2 Å². The van der Waals surface area contributed by atoms with Crippen LogP contribution in [0.3, 0.4) is 0 Å². The lowest BCUT2D eigenvalue weighted by atomic mass is 10.2. The van der Waals surface area contributed by atoms with E-state index in [1.807, 2.05) is 18.2 Å². The van der Waals surface area contributed by atoms with Gasteiger partial charge in [-0.2, -0.15) is 0 Å². The van der Waals surface area contributed by atoms with Gasteiger partial charge in [-0.3, -0.25) is 4.79 Å². The van der Waals surface area contributed by atoms with Gasteiger partial charge in [-0.1, -0.05) is 0 Å². The van der Waals surface area contributed by atoms with Gasteiger partial charge in [0.25, 0.3) is 5.91 Å². The van der Waals surface area contributed by atoms with Crippen LogP contribution in [-0.4, -0.2) is 30.8 Å². The van der Waals surface area contributed by atoms with Crippen molar-refractivity contribution < 1.29 is 4.79 Å². The van der Waals surface area contributed by atoms with Crippen LogP contribution in [0.2, 0.25) is 0 Å². The van der Waals surface area contributed by atoms with E-state index in [1.165, 1.54) is 0 Å². The third-order valence-electron chi connectivity index (χ3n) is 3.41. The predicted octanol–water partition coefficient (Wildman–Crippen LogP) is 1.76. The van der Waals surface area contributed by atoms with Crippen LogP contribution in [0.4, 0.5) is 0 Å². The first-order valence-corrected chi connectivity index (χ1v) is 6.80. The summed E-state index contributed by atoms with van der Waals surface area (Å²) in [5.74, 6) is 0.509. The third-order valence-corrected chi connectivity index (χ3v) is 3.41. The number of pyridine rings is 1. The number of hydrogen-bond donors (Lipinski definition) is 3. The summed E-state index contributed by atoms with van der Waals surface area (Å²) in [6, 6.07) is 9.07. The van der Waals surface area contributed by atoms with Gasteiger partial charge >= 0.3 is 0 Å². The number of aromatic nitrogens is 5. The maximum Gasteiger partial charge on any atom is 0.251 e. The second-order valence-electron chi connectivity index (χ2n) is 4.88. The number of amides is 1. The van der Waals surface area contributed by atoms with Gasteiger partial charge in [0, 0.05) is 11.8 Å². The molecule has 4 aromatic rings. The van der Waals surface area contributed by atoms with Gasteiger partial charge in [0.05, 0.1) is 29.4 Å². The van der Waals surface area contributed by atoms with Crippen molar-refractivity contribution in [3.63, 3.8) is 0 Å². The fourth-order valence-electron chi connectivity index (χ4n) is 2.32. The van der Waals surface area contributed by atoms with Crippen LogP contribution in [0.5, 0.6) is 0 Å². The SMILES string of the molecule is O=C(NCc1nc2ncccc2[nH]1)c1ccc2nc[nH]c2c1. The van der Waals surface area contributed by atoms with Crippen LogP contribution >= 0.6 is 0 Å². The van der Waals surface area contributed by atoms with Gasteiger partial charge in [0.2, 0.25) is 0 Å². The molecule has 3 N–H and O–H groups in total. The molecule has 108 valence electrons. The lowest BCUT2D eigenvalue weighted by Gasteiger charge is -2.03. The van der Waals surface area contributed by atoms with E-state index >= 15 is 0 Å². The summed E-state index contributed by atoms with van der Waals surface area (Å²) in [5.41, 5.74) is 3.74. The molecule has 0 saturated heterocycles. The molecule has 0 radical (unpaired) electrons. The first kappa shape index (κ1) is 12.5. The van der Waals surface area contributed by atoms with Crippen molar-refractivity contribution in [1.82, 2.24) is 30.2 Å². The van der Waals surface area contributed by atoms with Crippen molar-refractivity contribution in [1.29, 1.82) is 0 Å². The Balaban J connectivity index is 1.51. The number of benzene rings is 1. The molecule has 1 amide bonds. The largest absolute Gasteiger partial charge is 0.345 e. The summed E-state index contributed by atoms with van der Waals surface area (Å²) in [7, 11) is 0. The van der Waals surface area contributed by atoms with E-state index in [2.05, 4.69) is 30.2 Å². The number of nitrogens with one attached hydrogen (secondary N) is 3. The Labute approximate surface area is 124 Å². The number of carbonyl (C=O) groups is 1. The minimum atomic E-state index is -0.162. The quantitative estimate of drug-likeness (QED) is 0.535. The van der Waals surface area contributed by atoms with Gasteiger partial charge in [-0.15, -0.1) is 0 Å². The highest BCUT2D eigenvalue weighted by atomic mass is 16.1. The number of nitrogens with zero attached hydrogens (tertiary/aromatic N) is 3. The van der Waals surface area contributed by atoms with E-state index in [0.29, 0.717) is 23.6 Å². The molecule has 0 aliphatic rings. The first-order valence-electron chi connectivity index (χ1n) is 6.80. The molecular weight excluding hydrogens is 280 g/mol. The molecule has 3 heterocycles. The lowest BCUT2D eigenvalue weighted by molar-refractivity contribution is 0.0950. The first-order chi connectivity index (χ1) is 10.8. The van der Waals surface area contributed by atoms with E-state index in [0.717, 1.165) is 16.6 Å². The standard InChI is InChI=1S/C15H12N6O/c22-15(9-3-4-10-12(6-9)19-8-18-10)17-7-13-20-11-2-1-5-16-14(11)21-13/h1-6,8H,7H2,(H,17,22)(H,18,19)(H,16,20,21). The number of aromatic amines is 2. The fraction of sp³-hybridized carbons (Fsp3) is 0.0667. The van der Waals surface area contributed by atoms with Crippen LogP contribution in [0.15, 0.2) is 42.9 Å². The Morgan fingerprint density at radius 1 is 1.18 bits per heavy atom. The van der Waals surface area contributed by atoms with Crippen molar-refractivity contribution in [2.24, 2.45) is 0 Å². The molecule has 0 atom stereocenters. The molecule has 3 aromatic heterocycles. The molecule has 0 aliphatic carbocycles. The van der Waals surface area contributed by atoms with Crippen molar-refractivity contribution in [2.75, 3.05) is 0 Å². The molecule has 1 aromatic carbocycles. The molecule has 0 aliphatic heterocycles. The van der Waals surface area contributed by atoms with E-state index in [4.69, 9.17) is 0 Å². The van der Waals surface area contributed by atoms with E-state index in [-0.39, 0.29) is 5.91 Å². The van der Waals surface area contributed by atoms with Gasteiger partial charge in [0.1, 0.15) is 5.82 Å². The Hall–Kier alpha value is -3.22. The van der Waals surface area contributed by atoms with Gasteiger partial charge in [-0.05, 0) is 30.3 Å². The zero-order valence-electron chi connectivity index (χ0n) is 11.5. The highest BCUT2D eigenvalue weighted by molar-refractivity contribution is 5.97. The number of hydrogen-bond acceptors (Lipinski definition) is 4. The average Bonchev–Trinajstić information content (AvgIpc) is 3.17. The summed E-state index contributed by atoms with van der Waals surface area (Å²) in [6.07, 6.45) is 3.29. The van der Waals surface area contributed by atoms with Gasteiger partial charge < -0.3 is 15.3 Å². The van der Waals surface area contributed by atoms with Crippen molar-refractivity contribution in [3.8, 4) is 0 Å². The van der Waals surface area contributed by atoms with Crippen LogP contribution < -0.4 is 5.32 Å². The second kappa shape index (κ2) is 4.96. The Morgan fingerprint density at radius 2 is 2.14 bits per heavy atom. The molecule has 0 fully saturated rings. The third kappa shape index (κ3) is 2.18. The summed E-state index contributed by atoms with van der Waals surface area (Å²) in [6.45, 7) is 0.316. The Kier molecular flexibility index (Phi) is 2.82. The monoisotopic (exact) mass is 292 g/mol. The van der Waals surface area contributed by atoms with Crippen LogP contribution in [0.25, 0.3) is 22.2 Å². The number of H-pyrrole nitrogens is 2. The molecule has 4 rings (SSSR count). The number of fused-ring (bicyclic) bond motifs is 2. The summed E-state index contributed by atoms with van der Waals surface area (Å²) in [4.78, 5) is 30.9. The van der Waals surface area contributed by atoms with E-state index in [1.54, 1.807) is 24.7 Å². The van der Waals surface area contributed by atoms with Gasteiger partial charge in [-0.25, -0.2) is 15.0 Å². The molecule has 22 heavy (non-hydrogen) atoms. The second-order valence-corrected chi connectivity index (χ2v) is 4.88. The molecule has 7 heteroatoms. The normalized spacial score (nSPS) is 11.1. The van der Waals surface area contributed by atoms with Crippen LogP contribution in [-0.2, 0) is 6.54 Å².